The number of rotatable bonds is 5. The van der Waals surface area contributed by atoms with Gasteiger partial charge >= 0.3 is 0 Å². The molecule has 1 aromatic heterocycles. The lowest BCUT2D eigenvalue weighted by Gasteiger charge is -2.21. The lowest BCUT2D eigenvalue weighted by Crippen LogP contribution is -2.31. The van der Waals surface area contributed by atoms with Gasteiger partial charge in [0.2, 0.25) is 0 Å². The molecule has 0 atom stereocenters. The third-order valence-electron chi connectivity index (χ3n) is 3.13. The molecule has 0 spiro atoms. The van der Waals surface area contributed by atoms with E-state index >= 15 is 0 Å². The second-order valence-electron chi connectivity index (χ2n) is 4.65. The highest BCUT2D eigenvalue weighted by molar-refractivity contribution is 9.10. The average Bonchev–Trinajstić information content (AvgIpc) is 2.98. The number of hydrogen-bond acceptors (Lipinski definition) is 3. The van der Waals surface area contributed by atoms with Gasteiger partial charge in [-0.25, -0.2) is 0 Å². The molecule has 2 aromatic rings. The fraction of sp³-hybridized carbons (Fsp3) is 0.250. The van der Waals surface area contributed by atoms with Gasteiger partial charge in [-0.1, -0.05) is 12.1 Å². The molecule has 0 bridgehead atoms. The molecule has 2 rings (SSSR count). The lowest BCUT2D eigenvalue weighted by atomic mass is 10.1. The van der Waals surface area contributed by atoms with Gasteiger partial charge < -0.3 is 9.32 Å². The van der Waals surface area contributed by atoms with Crippen molar-refractivity contribution in [3.8, 4) is 6.07 Å². The van der Waals surface area contributed by atoms with Crippen LogP contribution in [0.2, 0.25) is 0 Å². The Labute approximate surface area is 132 Å². The summed E-state index contributed by atoms with van der Waals surface area (Å²) >= 11 is 3.46. The zero-order chi connectivity index (χ0) is 15.2. The molecule has 108 valence electrons. The molecule has 4 nitrogen and oxygen atoms in total. The topological polar surface area (TPSA) is 57.2 Å². The van der Waals surface area contributed by atoms with Gasteiger partial charge in [-0.3, -0.25) is 4.79 Å². The summed E-state index contributed by atoms with van der Waals surface area (Å²) in [7, 11) is 0. The number of amides is 1. The first kappa shape index (κ1) is 15.3. The monoisotopic (exact) mass is 346 g/mol. The molecule has 0 saturated carbocycles. The number of aryl methyl sites for hydroxylation is 1. The molecule has 0 radical (unpaired) electrons. The number of benzene rings is 1. The molecule has 0 aliphatic rings. The predicted molar refractivity (Wildman–Crippen MR) is 82.6 cm³/mol. The zero-order valence-electron chi connectivity index (χ0n) is 11.7. The molecule has 21 heavy (non-hydrogen) atoms. The van der Waals surface area contributed by atoms with Crippen LogP contribution in [0.15, 0.2) is 45.5 Å². The Morgan fingerprint density at radius 1 is 1.38 bits per heavy atom. The van der Waals surface area contributed by atoms with Crippen molar-refractivity contribution < 1.29 is 9.21 Å². The molecular weight excluding hydrogens is 332 g/mol. The Morgan fingerprint density at radius 2 is 2.19 bits per heavy atom. The molecule has 0 fully saturated rings. The van der Waals surface area contributed by atoms with Crippen LogP contribution in [0, 0.1) is 18.3 Å². The maximum absolute atomic E-state index is 12.7. The van der Waals surface area contributed by atoms with Crippen LogP contribution in [0.4, 0.5) is 0 Å². The largest absolute Gasteiger partial charge is 0.467 e. The van der Waals surface area contributed by atoms with Crippen molar-refractivity contribution in [1.82, 2.24) is 4.90 Å². The Bertz CT molecular complexity index is 659. The lowest BCUT2D eigenvalue weighted by molar-refractivity contribution is 0.0734. The van der Waals surface area contributed by atoms with Crippen molar-refractivity contribution in [2.45, 2.75) is 19.9 Å². The van der Waals surface area contributed by atoms with Crippen LogP contribution in [-0.4, -0.2) is 17.4 Å². The van der Waals surface area contributed by atoms with E-state index in [2.05, 4.69) is 22.0 Å². The number of nitriles is 1. The van der Waals surface area contributed by atoms with Gasteiger partial charge in [0.25, 0.3) is 5.91 Å². The van der Waals surface area contributed by atoms with Crippen LogP contribution in [0.3, 0.4) is 0 Å². The first-order valence-corrected chi connectivity index (χ1v) is 7.36. The van der Waals surface area contributed by atoms with Crippen molar-refractivity contribution in [1.29, 1.82) is 5.26 Å². The van der Waals surface area contributed by atoms with Crippen molar-refractivity contribution in [3.63, 3.8) is 0 Å². The Hall–Kier alpha value is -2.06. The van der Waals surface area contributed by atoms with Crippen LogP contribution in [0.5, 0.6) is 0 Å². The van der Waals surface area contributed by atoms with Crippen LogP contribution in [0.25, 0.3) is 0 Å². The Morgan fingerprint density at radius 3 is 2.86 bits per heavy atom. The van der Waals surface area contributed by atoms with Crippen LogP contribution >= 0.6 is 15.9 Å². The van der Waals surface area contributed by atoms with Crippen LogP contribution in [0.1, 0.15) is 28.1 Å². The maximum atomic E-state index is 12.7. The van der Waals surface area contributed by atoms with Crippen molar-refractivity contribution >= 4 is 21.8 Å². The van der Waals surface area contributed by atoms with E-state index in [0.717, 1.165) is 10.0 Å². The standard InChI is InChI=1S/C16H15BrN2O2/c1-12-5-2-7-14(15(12)17)16(20)19(9-4-8-18)11-13-6-3-10-21-13/h2-3,5-7,10H,4,9,11H2,1H3. The van der Waals surface area contributed by atoms with E-state index in [9.17, 15) is 4.79 Å². The molecule has 1 amide bonds. The number of furan rings is 1. The normalized spacial score (nSPS) is 10.1. The van der Waals surface area contributed by atoms with Gasteiger partial charge in [-0.05, 0) is 46.6 Å². The highest BCUT2D eigenvalue weighted by atomic mass is 79.9. The number of halogens is 1. The van der Waals surface area contributed by atoms with Gasteiger partial charge in [0.15, 0.2) is 0 Å². The average molecular weight is 347 g/mol. The summed E-state index contributed by atoms with van der Waals surface area (Å²) in [6.07, 6.45) is 1.86. The van der Waals surface area contributed by atoms with Gasteiger partial charge in [0.1, 0.15) is 5.76 Å². The fourth-order valence-electron chi connectivity index (χ4n) is 2.01. The Balaban J connectivity index is 2.25. The van der Waals surface area contributed by atoms with E-state index in [0.29, 0.717) is 24.4 Å². The second-order valence-corrected chi connectivity index (χ2v) is 5.44. The molecule has 0 aliphatic carbocycles. The number of hydrogen-bond donors (Lipinski definition) is 0. The maximum Gasteiger partial charge on any atom is 0.255 e. The van der Waals surface area contributed by atoms with E-state index < -0.39 is 0 Å². The van der Waals surface area contributed by atoms with Crippen LogP contribution in [-0.2, 0) is 6.54 Å². The summed E-state index contributed by atoms with van der Waals surface area (Å²) in [5.74, 6) is 0.585. The predicted octanol–water partition coefficient (Wildman–Crippen LogP) is 3.91. The van der Waals surface area contributed by atoms with E-state index in [1.165, 1.54) is 0 Å². The molecule has 0 unspecified atom stereocenters. The minimum absolute atomic E-state index is 0.114. The molecule has 0 N–H and O–H groups in total. The third kappa shape index (κ3) is 3.73. The van der Waals surface area contributed by atoms with E-state index in [1.54, 1.807) is 23.3 Å². The SMILES string of the molecule is Cc1cccc(C(=O)N(CCC#N)Cc2ccco2)c1Br. The summed E-state index contributed by atoms with van der Waals surface area (Å²) in [5.41, 5.74) is 1.60. The van der Waals surface area contributed by atoms with E-state index in [4.69, 9.17) is 9.68 Å². The zero-order valence-corrected chi connectivity index (χ0v) is 13.3. The molecule has 0 aliphatic heterocycles. The summed E-state index contributed by atoms with van der Waals surface area (Å²) in [4.78, 5) is 14.3. The van der Waals surface area contributed by atoms with Gasteiger partial charge in [-0.2, -0.15) is 5.26 Å². The number of carbonyl (C=O) groups excluding carboxylic acids is 1. The highest BCUT2D eigenvalue weighted by Crippen LogP contribution is 2.23. The van der Waals surface area contributed by atoms with Crippen molar-refractivity contribution in [2.24, 2.45) is 0 Å². The van der Waals surface area contributed by atoms with Crippen molar-refractivity contribution in [2.75, 3.05) is 6.54 Å². The first-order chi connectivity index (χ1) is 10.1. The smallest absolute Gasteiger partial charge is 0.255 e. The second kappa shape index (κ2) is 7.09. The molecule has 1 aromatic carbocycles. The minimum atomic E-state index is -0.114. The van der Waals surface area contributed by atoms with E-state index in [-0.39, 0.29) is 12.3 Å². The summed E-state index contributed by atoms with van der Waals surface area (Å²) in [6, 6.07) is 11.2. The number of carbonyl (C=O) groups is 1. The van der Waals surface area contributed by atoms with Crippen LogP contribution < -0.4 is 0 Å². The van der Waals surface area contributed by atoms with E-state index in [1.807, 2.05) is 25.1 Å². The molecule has 0 saturated heterocycles. The molecular formula is C16H15BrN2O2. The number of nitrogens with zero attached hydrogens (tertiary/aromatic N) is 2. The Kier molecular flexibility index (Phi) is 5.18. The summed E-state index contributed by atoms with van der Waals surface area (Å²) < 4.78 is 6.08. The summed E-state index contributed by atoms with van der Waals surface area (Å²) in [5, 5.41) is 8.77. The van der Waals surface area contributed by atoms with Gasteiger partial charge in [0.05, 0.1) is 30.9 Å². The molecule has 1 heterocycles. The first-order valence-electron chi connectivity index (χ1n) is 6.57. The van der Waals surface area contributed by atoms with Crippen molar-refractivity contribution in [3.05, 3.63) is 58.0 Å². The quantitative estimate of drug-likeness (QED) is 0.824. The van der Waals surface area contributed by atoms with Gasteiger partial charge in [0, 0.05) is 11.0 Å². The molecule has 5 heteroatoms. The van der Waals surface area contributed by atoms with Gasteiger partial charge in [-0.15, -0.1) is 0 Å². The highest BCUT2D eigenvalue weighted by Gasteiger charge is 2.19. The fourth-order valence-corrected chi connectivity index (χ4v) is 2.44. The third-order valence-corrected chi connectivity index (χ3v) is 4.18. The summed E-state index contributed by atoms with van der Waals surface area (Å²) in [6.45, 7) is 2.66. The minimum Gasteiger partial charge on any atom is -0.467 e.